The van der Waals surface area contributed by atoms with Gasteiger partial charge in [0.15, 0.2) is 0 Å². The number of aromatic nitrogens is 2. The van der Waals surface area contributed by atoms with Crippen LogP contribution in [0.4, 0.5) is 0 Å². The summed E-state index contributed by atoms with van der Waals surface area (Å²) < 4.78 is 1.89. The van der Waals surface area contributed by atoms with E-state index in [1.54, 1.807) is 0 Å². The second kappa shape index (κ2) is 5.17. The lowest BCUT2D eigenvalue weighted by molar-refractivity contribution is -0.0765. The van der Waals surface area contributed by atoms with Gasteiger partial charge in [-0.15, -0.1) is 0 Å². The first-order valence-corrected chi connectivity index (χ1v) is 5.85. The molecule has 0 fully saturated rings. The molecule has 0 aliphatic carbocycles. The molecule has 0 spiro atoms. The van der Waals surface area contributed by atoms with Crippen LogP contribution < -0.4 is 5.48 Å². The van der Waals surface area contributed by atoms with Crippen LogP contribution in [0, 0.1) is 6.92 Å². The maximum absolute atomic E-state index is 6.16. The van der Waals surface area contributed by atoms with Gasteiger partial charge in [0.05, 0.1) is 28.6 Å². The van der Waals surface area contributed by atoms with Gasteiger partial charge in [-0.3, -0.25) is 9.52 Å². The fourth-order valence-corrected chi connectivity index (χ4v) is 1.56. The molecule has 0 bridgehead atoms. The second-order valence-electron chi connectivity index (χ2n) is 4.70. The van der Waals surface area contributed by atoms with E-state index < -0.39 is 0 Å². The summed E-state index contributed by atoms with van der Waals surface area (Å²) >= 11 is 6.16. The molecule has 0 unspecified atom stereocenters. The second-order valence-corrected chi connectivity index (χ2v) is 5.08. The van der Waals surface area contributed by atoms with Crippen LogP contribution in [0.25, 0.3) is 0 Å². The van der Waals surface area contributed by atoms with Crippen molar-refractivity contribution in [2.24, 2.45) is 0 Å². The first-order valence-electron chi connectivity index (χ1n) is 5.47. The molecule has 92 valence electrons. The van der Waals surface area contributed by atoms with Crippen molar-refractivity contribution in [1.82, 2.24) is 15.3 Å². The Kier molecular flexibility index (Phi) is 4.35. The Morgan fingerprint density at radius 2 is 2.06 bits per heavy atom. The Hall–Kier alpha value is -0.580. The van der Waals surface area contributed by atoms with Gasteiger partial charge in [-0.1, -0.05) is 11.6 Å². The lowest BCUT2D eigenvalue weighted by Crippen LogP contribution is -2.29. The van der Waals surface area contributed by atoms with Crippen molar-refractivity contribution in [2.75, 3.05) is 0 Å². The number of hydroxylamine groups is 1. The number of hydrogen-bond donors (Lipinski definition) is 1. The Balaban J connectivity index is 2.66. The van der Waals surface area contributed by atoms with E-state index in [0.29, 0.717) is 11.6 Å². The zero-order valence-corrected chi connectivity index (χ0v) is 11.4. The molecule has 1 aromatic rings. The Morgan fingerprint density at radius 1 is 1.44 bits per heavy atom. The van der Waals surface area contributed by atoms with Crippen LogP contribution in [0.5, 0.6) is 0 Å². The average molecular weight is 246 g/mol. The van der Waals surface area contributed by atoms with E-state index in [2.05, 4.69) is 10.6 Å². The zero-order valence-electron chi connectivity index (χ0n) is 10.6. The Labute approximate surface area is 102 Å². The maximum Gasteiger partial charge on any atom is 0.0861 e. The Morgan fingerprint density at radius 3 is 2.56 bits per heavy atom. The third kappa shape index (κ3) is 3.47. The van der Waals surface area contributed by atoms with Gasteiger partial charge in [0.2, 0.25) is 0 Å². The quantitative estimate of drug-likeness (QED) is 0.829. The van der Waals surface area contributed by atoms with Crippen LogP contribution in [0.15, 0.2) is 0 Å². The van der Waals surface area contributed by atoms with Crippen LogP contribution in [-0.2, 0) is 17.9 Å². The number of aryl methyl sites for hydroxylation is 2. The molecule has 0 saturated heterocycles. The minimum atomic E-state index is -0.210. The standard InChI is InChI=1S/C11H20ClN3O/c1-6-15-9(10(12)8(2)14-15)7-13-16-11(3,4)5/h13H,6-7H2,1-5H3. The molecule has 1 rings (SSSR count). The first kappa shape index (κ1) is 13.5. The molecule has 0 amide bonds. The van der Waals surface area contributed by atoms with Crippen molar-refractivity contribution in [2.45, 2.75) is 53.3 Å². The van der Waals surface area contributed by atoms with Crippen molar-refractivity contribution < 1.29 is 4.84 Å². The summed E-state index contributed by atoms with van der Waals surface area (Å²) in [6.07, 6.45) is 0. The van der Waals surface area contributed by atoms with Crippen molar-refractivity contribution in [3.63, 3.8) is 0 Å². The zero-order chi connectivity index (χ0) is 12.3. The summed E-state index contributed by atoms with van der Waals surface area (Å²) in [6, 6.07) is 0. The molecule has 1 heterocycles. The van der Waals surface area contributed by atoms with Gasteiger partial charge in [-0.25, -0.2) is 0 Å². The fourth-order valence-electron chi connectivity index (χ4n) is 1.36. The van der Waals surface area contributed by atoms with Gasteiger partial charge in [0, 0.05) is 6.54 Å². The lowest BCUT2D eigenvalue weighted by atomic mass is 10.2. The molecule has 0 aliphatic rings. The van der Waals surface area contributed by atoms with E-state index in [1.807, 2.05) is 39.3 Å². The van der Waals surface area contributed by atoms with E-state index in [0.717, 1.165) is 17.9 Å². The highest BCUT2D eigenvalue weighted by atomic mass is 35.5. The van der Waals surface area contributed by atoms with E-state index >= 15 is 0 Å². The molecule has 1 aromatic heterocycles. The lowest BCUT2D eigenvalue weighted by Gasteiger charge is -2.19. The average Bonchev–Trinajstić information content (AvgIpc) is 2.43. The molecule has 0 atom stereocenters. The summed E-state index contributed by atoms with van der Waals surface area (Å²) in [6.45, 7) is 11.3. The van der Waals surface area contributed by atoms with Gasteiger partial charge >= 0.3 is 0 Å². The van der Waals surface area contributed by atoms with Gasteiger partial charge in [0.25, 0.3) is 0 Å². The minimum Gasteiger partial charge on any atom is -0.296 e. The topological polar surface area (TPSA) is 39.1 Å². The smallest absolute Gasteiger partial charge is 0.0861 e. The summed E-state index contributed by atoms with van der Waals surface area (Å²) in [7, 11) is 0. The van der Waals surface area contributed by atoms with Crippen LogP contribution in [0.3, 0.4) is 0 Å². The molecular weight excluding hydrogens is 226 g/mol. The van der Waals surface area contributed by atoms with Crippen LogP contribution in [0.1, 0.15) is 39.1 Å². The minimum absolute atomic E-state index is 0.210. The highest BCUT2D eigenvalue weighted by Gasteiger charge is 2.14. The van der Waals surface area contributed by atoms with E-state index in [9.17, 15) is 0 Å². The van der Waals surface area contributed by atoms with E-state index in [-0.39, 0.29) is 5.60 Å². The van der Waals surface area contributed by atoms with Gasteiger partial charge in [0.1, 0.15) is 0 Å². The van der Waals surface area contributed by atoms with E-state index in [4.69, 9.17) is 16.4 Å². The third-order valence-electron chi connectivity index (χ3n) is 2.07. The Bertz CT molecular complexity index is 355. The van der Waals surface area contributed by atoms with Crippen LogP contribution in [-0.4, -0.2) is 15.4 Å². The van der Waals surface area contributed by atoms with Crippen molar-refractivity contribution in [3.05, 3.63) is 16.4 Å². The highest BCUT2D eigenvalue weighted by molar-refractivity contribution is 6.31. The fraction of sp³-hybridized carbons (Fsp3) is 0.727. The molecule has 16 heavy (non-hydrogen) atoms. The number of halogens is 1. The molecule has 4 nitrogen and oxygen atoms in total. The normalized spacial score (nSPS) is 12.1. The van der Waals surface area contributed by atoms with Gasteiger partial charge < -0.3 is 0 Å². The van der Waals surface area contributed by atoms with Gasteiger partial charge in [-0.05, 0) is 34.6 Å². The predicted octanol–water partition coefficient (Wildman–Crippen LogP) is 2.68. The summed E-state index contributed by atoms with van der Waals surface area (Å²) in [5.41, 5.74) is 4.54. The van der Waals surface area contributed by atoms with Crippen LogP contribution >= 0.6 is 11.6 Å². The van der Waals surface area contributed by atoms with Crippen molar-refractivity contribution in [3.8, 4) is 0 Å². The largest absolute Gasteiger partial charge is 0.296 e. The van der Waals surface area contributed by atoms with Crippen molar-refractivity contribution in [1.29, 1.82) is 0 Å². The molecule has 5 heteroatoms. The molecule has 0 aromatic carbocycles. The predicted molar refractivity (Wildman–Crippen MR) is 65.3 cm³/mol. The summed E-state index contributed by atoms with van der Waals surface area (Å²) in [4.78, 5) is 5.45. The van der Waals surface area contributed by atoms with Crippen LogP contribution in [0.2, 0.25) is 5.02 Å². The van der Waals surface area contributed by atoms with Crippen molar-refractivity contribution >= 4 is 11.6 Å². The first-order chi connectivity index (χ1) is 7.35. The maximum atomic E-state index is 6.16. The molecule has 0 aliphatic heterocycles. The summed E-state index contributed by atoms with van der Waals surface area (Å²) in [5, 5.41) is 5.05. The molecule has 1 N–H and O–H groups in total. The number of nitrogens with one attached hydrogen (secondary N) is 1. The van der Waals surface area contributed by atoms with E-state index in [1.165, 1.54) is 0 Å². The molecular formula is C11H20ClN3O. The SMILES string of the molecule is CCn1nc(C)c(Cl)c1CNOC(C)(C)C. The van der Waals surface area contributed by atoms with Gasteiger partial charge in [-0.2, -0.15) is 10.6 Å². The number of nitrogens with zero attached hydrogens (tertiary/aromatic N) is 2. The number of rotatable bonds is 4. The number of hydrogen-bond acceptors (Lipinski definition) is 3. The summed E-state index contributed by atoms with van der Waals surface area (Å²) in [5.74, 6) is 0. The molecule has 0 saturated carbocycles. The third-order valence-corrected chi connectivity index (χ3v) is 2.56. The molecule has 0 radical (unpaired) electrons. The monoisotopic (exact) mass is 245 g/mol. The highest BCUT2D eigenvalue weighted by Crippen LogP contribution is 2.20.